The molecule has 2 heterocycles. The third kappa shape index (κ3) is 3.29. The summed E-state index contributed by atoms with van der Waals surface area (Å²) in [5, 5.41) is 3.10. The van der Waals surface area contributed by atoms with Gasteiger partial charge in [-0.25, -0.2) is 4.98 Å². The number of para-hydroxylation sites is 4. The third-order valence-corrected chi connectivity index (χ3v) is 5.03. The van der Waals surface area contributed by atoms with Crippen LogP contribution in [0.1, 0.15) is 25.1 Å². The van der Waals surface area contributed by atoms with E-state index in [-0.39, 0.29) is 5.91 Å². The summed E-state index contributed by atoms with van der Waals surface area (Å²) < 4.78 is 2.11. The van der Waals surface area contributed by atoms with Gasteiger partial charge in [0.25, 0.3) is 0 Å². The van der Waals surface area contributed by atoms with Crippen LogP contribution in [0.4, 0.5) is 11.4 Å². The Morgan fingerprint density at radius 1 is 1.08 bits per heavy atom. The fraction of sp³-hybridized carbons (Fsp3) is 0.333. The molecule has 1 fully saturated rings. The predicted molar refractivity (Wildman–Crippen MR) is 106 cm³/mol. The normalized spacial score (nSPS) is 14.1. The second-order valence-electron chi connectivity index (χ2n) is 6.81. The van der Waals surface area contributed by atoms with Crippen molar-refractivity contribution in [3.63, 3.8) is 0 Å². The lowest BCUT2D eigenvalue weighted by Crippen LogP contribution is -2.21. The number of aromatic nitrogens is 2. The molecule has 1 aliphatic rings. The molecule has 0 radical (unpaired) electrons. The molecule has 2 aromatic carbocycles. The fourth-order valence-corrected chi connectivity index (χ4v) is 3.72. The summed E-state index contributed by atoms with van der Waals surface area (Å²) in [6.45, 7) is 4.74. The van der Waals surface area contributed by atoms with Crippen LogP contribution in [0, 0.1) is 6.92 Å². The largest absolute Gasteiger partial charge is 0.370 e. The van der Waals surface area contributed by atoms with Crippen LogP contribution < -0.4 is 10.2 Å². The molecule has 1 N–H and O–H groups in total. The molecule has 0 aliphatic carbocycles. The molecule has 4 rings (SSSR count). The van der Waals surface area contributed by atoms with Gasteiger partial charge in [0.2, 0.25) is 5.91 Å². The lowest BCUT2D eigenvalue weighted by Gasteiger charge is -2.21. The minimum Gasteiger partial charge on any atom is -0.370 e. The van der Waals surface area contributed by atoms with Gasteiger partial charge in [0.1, 0.15) is 5.82 Å². The van der Waals surface area contributed by atoms with Crippen molar-refractivity contribution < 1.29 is 4.79 Å². The first kappa shape index (κ1) is 16.6. The third-order valence-electron chi connectivity index (χ3n) is 5.03. The molecule has 0 bridgehead atoms. The Morgan fingerprint density at radius 3 is 2.65 bits per heavy atom. The van der Waals surface area contributed by atoms with Crippen molar-refractivity contribution in [3.8, 4) is 0 Å². The van der Waals surface area contributed by atoms with Gasteiger partial charge in [-0.05, 0) is 44.0 Å². The predicted octanol–water partition coefficient (Wildman–Crippen LogP) is 3.97. The van der Waals surface area contributed by atoms with E-state index in [2.05, 4.69) is 31.9 Å². The van der Waals surface area contributed by atoms with Gasteiger partial charge in [-0.15, -0.1) is 0 Å². The number of hydrogen-bond acceptors (Lipinski definition) is 3. The van der Waals surface area contributed by atoms with Crippen LogP contribution in [0.25, 0.3) is 11.0 Å². The summed E-state index contributed by atoms with van der Waals surface area (Å²) in [5.41, 5.74) is 4.09. The molecular formula is C21H24N4O. The first-order valence-electron chi connectivity index (χ1n) is 9.28. The van der Waals surface area contributed by atoms with Gasteiger partial charge >= 0.3 is 0 Å². The second-order valence-corrected chi connectivity index (χ2v) is 6.81. The lowest BCUT2D eigenvalue weighted by molar-refractivity contribution is -0.116. The number of hydrogen-bond donors (Lipinski definition) is 1. The number of fused-ring (bicyclic) bond motifs is 1. The fourth-order valence-electron chi connectivity index (χ4n) is 3.72. The number of anilines is 2. The smallest absolute Gasteiger partial charge is 0.226 e. The molecular weight excluding hydrogens is 324 g/mol. The summed E-state index contributed by atoms with van der Waals surface area (Å²) in [4.78, 5) is 19.5. The van der Waals surface area contributed by atoms with E-state index in [0.29, 0.717) is 13.0 Å². The van der Waals surface area contributed by atoms with Crippen molar-refractivity contribution in [3.05, 3.63) is 54.4 Å². The molecule has 0 saturated carbocycles. The quantitative estimate of drug-likeness (QED) is 0.759. The maximum Gasteiger partial charge on any atom is 0.226 e. The molecule has 5 heteroatoms. The van der Waals surface area contributed by atoms with Crippen molar-refractivity contribution in [2.75, 3.05) is 23.3 Å². The van der Waals surface area contributed by atoms with Gasteiger partial charge in [-0.1, -0.05) is 24.3 Å². The van der Waals surface area contributed by atoms with Gasteiger partial charge in [-0.3, -0.25) is 4.79 Å². The van der Waals surface area contributed by atoms with Gasteiger partial charge in [0, 0.05) is 26.1 Å². The van der Waals surface area contributed by atoms with Crippen LogP contribution in [-0.2, 0) is 11.3 Å². The van der Waals surface area contributed by atoms with E-state index in [9.17, 15) is 4.79 Å². The Bertz CT molecular complexity index is 925. The maximum atomic E-state index is 12.6. The van der Waals surface area contributed by atoms with E-state index >= 15 is 0 Å². The second kappa shape index (κ2) is 7.20. The molecule has 1 amide bonds. The number of benzene rings is 2. The summed E-state index contributed by atoms with van der Waals surface area (Å²) >= 11 is 0. The average molecular weight is 348 g/mol. The van der Waals surface area contributed by atoms with E-state index in [4.69, 9.17) is 0 Å². The number of nitrogens with zero attached hydrogens (tertiary/aromatic N) is 3. The van der Waals surface area contributed by atoms with Gasteiger partial charge in [0.15, 0.2) is 0 Å². The Labute approximate surface area is 153 Å². The van der Waals surface area contributed by atoms with Crippen LogP contribution in [-0.4, -0.2) is 28.5 Å². The number of nitrogens with one attached hydrogen (secondary N) is 1. The topological polar surface area (TPSA) is 50.2 Å². The summed E-state index contributed by atoms with van der Waals surface area (Å²) in [5.74, 6) is 0.977. The SMILES string of the molecule is Cc1nc2ccccc2n1CCC(=O)Nc1ccccc1N1CCCC1. The van der Waals surface area contributed by atoms with Gasteiger partial charge < -0.3 is 14.8 Å². The lowest BCUT2D eigenvalue weighted by atomic mass is 10.2. The molecule has 0 unspecified atom stereocenters. The van der Waals surface area contributed by atoms with Crippen LogP contribution >= 0.6 is 0 Å². The average Bonchev–Trinajstić information content (AvgIpc) is 3.28. The Kier molecular flexibility index (Phi) is 4.61. The molecule has 3 aromatic rings. The molecule has 0 atom stereocenters. The number of carbonyl (C=O) groups is 1. The maximum absolute atomic E-state index is 12.6. The zero-order valence-corrected chi connectivity index (χ0v) is 15.1. The van der Waals surface area contributed by atoms with Gasteiger partial charge in [-0.2, -0.15) is 0 Å². The number of aryl methyl sites for hydroxylation is 2. The first-order valence-corrected chi connectivity index (χ1v) is 9.28. The molecule has 1 saturated heterocycles. The number of imidazole rings is 1. The molecule has 1 aliphatic heterocycles. The highest BCUT2D eigenvalue weighted by Gasteiger charge is 2.16. The van der Waals surface area contributed by atoms with Crippen molar-refractivity contribution in [2.45, 2.75) is 32.7 Å². The van der Waals surface area contributed by atoms with Crippen LogP contribution in [0.15, 0.2) is 48.5 Å². The van der Waals surface area contributed by atoms with Crippen LogP contribution in [0.2, 0.25) is 0 Å². The van der Waals surface area contributed by atoms with Crippen molar-refractivity contribution in [1.82, 2.24) is 9.55 Å². The Hall–Kier alpha value is -2.82. The summed E-state index contributed by atoms with van der Waals surface area (Å²) in [6.07, 6.45) is 2.86. The monoisotopic (exact) mass is 348 g/mol. The van der Waals surface area contributed by atoms with E-state index in [1.54, 1.807) is 0 Å². The highest BCUT2D eigenvalue weighted by Crippen LogP contribution is 2.28. The molecule has 134 valence electrons. The van der Waals surface area contributed by atoms with E-state index in [1.807, 2.05) is 43.3 Å². The molecule has 1 aromatic heterocycles. The van der Waals surface area contributed by atoms with Gasteiger partial charge in [0.05, 0.1) is 22.4 Å². The zero-order chi connectivity index (χ0) is 17.9. The number of amides is 1. The molecule has 0 spiro atoms. The van der Waals surface area contributed by atoms with Crippen molar-refractivity contribution in [1.29, 1.82) is 0 Å². The highest BCUT2D eigenvalue weighted by atomic mass is 16.1. The first-order chi connectivity index (χ1) is 12.7. The molecule has 26 heavy (non-hydrogen) atoms. The highest BCUT2D eigenvalue weighted by molar-refractivity contribution is 5.94. The minimum atomic E-state index is 0.0360. The number of rotatable bonds is 5. The van der Waals surface area contributed by atoms with Crippen LogP contribution in [0.5, 0.6) is 0 Å². The van der Waals surface area contributed by atoms with Crippen molar-refractivity contribution in [2.24, 2.45) is 0 Å². The van der Waals surface area contributed by atoms with E-state index < -0.39 is 0 Å². The standard InChI is InChI=1S/C21H24N4O/c1-16-22-18-9-3-5-11-20(18)25(16)15-12-21(26)23-17-8-2-4-10-19(17)24-13-6-7-14-24/h2-5,8-11H,6-7,12-15H2,1H3,(H,23,26). The Morgan fingerprint density at radius 2 is 1.81 bits per heavy atom. The summed E-state index contributed by atoms with van der Waals surface area (Å²) in [7, 11) is 0. The molecule has 5 nitrogen and oxygen atoms in total. The Balaban J connectivity index is 1.45. The zero-order valence-electron chi connectivity index (χ0n) is 15.1. The summed E-state index contributed by atoms with van der Waals surface area (Å²) in [6, 6.07) is 16.1. The van der Waals surface area contributed by atoms with E-state index in [0.717, 1.165) is 41.3 Å². The van der Waals surface area contributed by atoms with Crippen molar-refractivity contribution >= 4 is 28.3 Å². The van der Waals surface area contributed by atoms with Crippen LogP contribution in [0.3, 0.4) is 0 Å². The van der Waals surface area contributed by atoms with E-state index in [1.165, 1.54) is 12.8 Å². The minimum absolute atomic E-state index is 0.0360. The number of carbonyl (C=O) groups excluding carboxylic acids is 1.